The lowest BCUT2D eigenvalue weighted by atomic mass is 10.0. The molecule has 0 aliphatic carbocycles. The Labute approximate surface area is 133 Å². The summed E-state index contributed by atoms with van der Waals surface area (Å²) in [5.41, 5.74) is 1.28. The lowest BCUT2D eigenvalue weighted by Gasteiger charge is -2.29. The maximum Gasteiger partial charge on any atom is 0.256 e. The van der Waals surface area contributed by atoms with E-state index in [9.17, 15) is 4.79 Å². The molecule has 0 radical (unpaired) electrons. The van der Waals surface area contributed by atoms with Gasteiger partial charge < -0.3 is 14.7 Å². The molecule has 1 aromatic rings. The second kappa shape index (κ2) is 7.77. The molecule has 5 nitrogen and oxygen atoms in total. The third-order valence-corrected chi connectivity index (χ3v) is 4.27. The van der Waals surface area contributed by atoms with Crippen LogP contribution < -0.4 is 5.32 Å². The van der Waals surface area contributed by atoms with E-state index >= 15 is 0 Å². The number of carbonyl (C=O) groups excluding carboxylic acids is 1. The van der Waals surface area contributed by atoms with Gasteiger partial charge in [0, 0.05) is 19.0 Å². The molecule has 2 heterocycles. The Morgan fingerprint density at radius 1 is 1.27 bits per heavy atom. The second-order valence-electron chi connectivity index (χ2n) is 6.84. The van der Waals surface area contributed by atoms with Crippen molar-refractivity contribution in [3.63, 3.8) is 0 Å². The van der Waals surface area contributed by atoms with Crippen molar-refractivity contribution in [1.29, 1.82) is 0 Å². The minimum atomic E-state index is -0.0621. The normalized spacial score (nSPS) is 17.7. The smallest absolute Gasteiger partial charge is 0.256 e. The van der Waals surface area contributed by atoms with Crippen LogP contribution in [0.2, 0.25) is 0 Å². The number of nitrogens with zero attached hydrogens (tertiary/aromatic N) is 2. The van der Waals surface area contributed by atoms with E-state index in [2.05, 4.69) is 22.3 Å². The van der Waals surface area contributed by atoms with Gasteiger partial charge in [0.25, 0.3) is 5.91 Å². The Balaban J connectivity index is 1.85. The van der Waals surface area contributed by atoms with E-state index in [1.54, 1.807) is 0 Å². The number of carbonyl (C=O) groups is 1. The van der Waals surface area contributed by atoms with Crippen LogP contribution in [0.5, 0.6) is 0 Å². The summed E-state index contributed by atoms with van der Waals surface area (Å²) in [6, 6.07) is 0. The standard InChI is InChI=1S/C17H29N3O2/c1-12(2)16-15(14(4)19-22-16)17(21)18-10-13(3)11-20-8-6-5-7-9-20/h12-13H,5-11H2,1-4H3,(H,18,21). The highest BCUT2D eigenvalue weighted by Crippen LogP contribution is 2.22. The van der Waals surface area contributed by atoms with Crippen LogP contribution in [0.1, 0.15) is 67.8 Å². The molecule has 0 spiro atoms. The first-order chi connectivity index (χ1) is 10.5. The van der Waals surface area contributed by atoms with Crippen LogP contribution >= 0.6 is 0 Å². The molecule has 1 N–H and O–H groups in total. The molecule has 5 heteroatoms. The zero-order valence-corrected chi connectivity index (χ0v) is 14.3. The maximum atomic E-state index is 12.4. The molecule has 1 unspecified atom stereocenters. The Bertz CT molecular complexity index is 490. The maximum absolute atomic E-state index is 12.4. The van der Waals surface area contributed by atoms with Gasteiger partial charge in [-0.05, 0) is 38.8 Å². The number of hydrogen-bond donors (Lipinski definition) is 1. The summed E-state index contributed by atoms with van der Waals surface area (Å²) in [4.78, 5) is 14.9. The molecule has 124 valence electrons. The van der Waals surface area contributed by atoms with Crippen molar-refractivity contribution >= 4 is 5.91 Å². The van der Waals surface area contributed by atoms with Crippen molar-refractivity contribution in [2.24, 2.45) is 5.92 Å². The minimum Gasteiger partial charge on any atom is -0.360 e. The second-order valence-corrected chi connectivity index (χ2v) is 6.84. The molecule has 1 atom stereocenters. The number of aromatic nitrogens is 1. The van der Waals surface area contributed by atoms with Crippen molar-refractivity contribution in [2.45, 2.75) is 52.9 Å². The van der Waals surface area contributed by atoms with Crippen LogP contribution in [0, 0.1) is 12.8 Å². The predicted octanol–water partition coefficient (Wildman–Crippen LogP) is 2.96. The van der Waals surface area contributed by atoms with E-state index in [0.29, 0.717) is 29.5 Å². The van der Waals surface area contributed by atoms with Gasteiger partial charge in [0.2, 0.25) is 0 Å². The molecule has 0 saturated carbocycles. The van der Waals surface area contributed by atoms with Gasteiger partial charge >= 0.3 is 0 Å². The number of piperidine rings is 1. The van der Waals surface area contributed by atoms with Crippen molar-refractivity contribution < 1.29 is 9.32 Å². The van der Waals surface area contributed by atoms with E-state index in [1.165, 1.54) is 32.4 Å². The molecule has 1 fully saturated rings. The number of nitrogens with one attached hydrogen (secondary N) is 1. The number of rotatable bonds is 6. The van der Waals surface area contributed by atoms with Gasteiger partial charge in [-0.25, -0.2) is 0 Å². The Kier molecular flexibility index (Phi) is 6.00. The third-order valence-electron chi connectivity index (χ3n) is 4.27. The molecule has 1 aliphatic rings. The first kappa shape index (κ1) is 17.0. The molecule has 1 aromatic heterocycles. The number of aryl methyl sites for hydroxylation is 1. The van der Waals surface area contributed by atoms with Gasteiger partial charge in [0.1, 0.15) is 5.56 Å². The van der Waals surface area contributed by atoms with Crippen molar-refractivity contribution in [1.82, 2.24) is 15.4 Å². The fraction of sp³-hybridized carbons (Fsp3) is 0.765. The lowest BCUT2D eigenvalue weighted by molar-refractivity contribution is 0.0939. The molecule has 0 bridgehead atoms. The Hall–Kier alpha value is -1.36. The van der Waals surface area contributed by atoms with E-state index in [-0.39, 0.29) is 11.8 Å². The number of likely N-dealkylation sites (tertiary alicyclic amines) is 1. The van der Waals surface area contributed by atoms with Gasteiger partial charge in [-0.3, -0.25) is 4.79 Å². The van der Waals surface area contributed by atoms with Gasteiger partial charge in [-0.1, -0.05) is 32.3 Å². The average molecular weight is 307 g/mol. The van der Waals surface area contributed by atoms with Gasteiger partial charge in [0.15, 0.2) is 5.76 Å². The Morgan fingerprint density at radius 2 is 1.95 bits per heavy atom. The van der Waals surface area contributed by atoms with Crippen LogP contribution in [0.15, 0.2) is 4.52 Å². The topological polar surface area (TPSA) is 58.4 Å². The molecule has 0 aromatic carbocycles. The van der Waals surface area contributed by atoms with Gasteiger partial charge in [-0.2, -0.15) is 0 Å². The average Bonchev–Trinajstić information content (AvgIpc) is 2.88. The zero-order chi connectivity index (χ0) is 16.1. The van der Waals surface area contributed by atoms with Crippen LogP contribution in [-0.2, 0) is 0 Å². The molecular formula is C17H29N3O2. The summed E-state index contributed by atoms with van der Waals surface area (Å²) in [5, 5.41) is 6.98. The highest BCUT2D eigenvalue weighted by Gasteiger charge is 2.23. The molecule has 2 rings (SSSR count). The fourth-order valence-corrected chi connectivity index (χ4v) is 3.06. The Morgan fingerprint density at radius 3 is 2.59 bits per heavy atom. The number of hydrogen-bond acceptors (Lipinski definition) is 4. The molecule has 1 aliphatic heterocycles. The van der Waals surface area contributed by atoms with E-state index < -0.39 is 0 Å². The molecule has 22 heavy (non-hydrogen) atoms. The van der Waals surface area contributed by atoms with Crippen LogP contribution in [-0.4, -0.2) is 42.1 Å². The van der Waals surface area contributed by atoms with Crippen LogP contribution in [0.25, 0.3) is 0 Å². The fourth-order valence-electron chi connectivity index (χ4n) is 3.06. The summed E-state index contributed by atoms with van der Waals surface area (Å²) in [6.07, 6.45) is 3.96. The van der Waals surface area contributed by atoms with Gasteiger partial charge in [0.05, 0.1) is 5.69 Å². The molecule has 1 saturated heterocycles. The monoisotopic (exact) mass is 307 g/mol. The summed E-state index contributed by atoms with van der Waals surface area (Å²) in [7, 11) is 0. The SMILES string of the molecule is Cc1noc(C(C)C)c1C(=O)NCC(C)CN1CCCCC1. The van der Waals surface area contributed by atoms with E-state index in [1.807, 2.05) is 20.8 Å². The first-order valence-electron chi connectivity index (χ1n) is 8.45. The highest BCUT2D eigenvalue weighted by molar-refractivity contribution is 5.96. The van der Waals surface area contributed by atoms with E-state index in [4.69, 9.17) is 4.52 Å². The summed E-state index contributed by atoms with van der Waals surface area (Å²) < 4.78 is 5.29. The first-order valence-corrected chi connectivity index (χ1v) is 8.45. The van der Waals surface area contributed by atoms with Crippen LogP contribution in [0.4, 0.5) is 0 Å². The molecular weight excluding hydrogens is 278 g/mol. The zero-order valence-electron chi connectivity index (χ0n) is 14.3. The summed E-state index contributed by atoms with van der Waals surface area (Å²) >= 11 is 0. The lowest BCUT2D eigenvalue weighted by Crippen LogP contribution is -2.38. The predicted molar refractivity (Wildman–Crippen MR) is 87.1 cm³/mol. The largest absolute Gasteiger partial charge is 0.360 e. The van der Waals surface area contributed by atoms with Gasteiger partial charge in [-0.15, -0.1) is 0 Å². The number of amides is 1. The van der Waals surface area contributed by atoms with Crippen LogP contribution in [0.3, 0.4) is 0 Å². The summed E-state index contributed by atoms with van der Waals surface area (Å²) in [5.74, 6) is 1.23. The highest BCUT2D eigenvalue weighted by atomic mass is 16.5. The van der Waals surface area contributed by atoms with E-state index in [0.717, 1.165) is 6.54 Å². The quantitative estimate of drug-likeness (QED) is 0.878. The van der Waals surface area contributed by atoms with Crippen molar-refractivity contribution in [2.75, 3.05) is 26.2 Å². The van der Waals surface area contributed by atoms with Crippen molar-refractivity contribution in [3.8, 4) is 0 Å². The minimum absolute atomic E-state index is 0.0621. The third kappa shape index (κ3) is 4.32. The molecule has 1 amide bonds. The van der Waals surface area contributed by atoms with Crippen molar-refractivity contribution in [3.05, 3.63) is 17.0 Å². The summed E-state index contributed by atoms with van der Waals surface area (Å²) in [6.45, 7) is 12.2.